The lowest BCUT2D eigenvalue weighted by Crippen LogP contribution is -2.37. The van der Waals surface area contributed by atoms with E-state index in [9.17, 15) is 18.0 Å². The van der Waals surface area contributed by atoms with Crippen LogP contribution in [0.3, 0.4) is 0 Å². The van der Waals surface area contributed by atoms with E-state index in [2.05, 4.69) is 14.3 Å². The first kappa shape index (κ1) is 27.2. The zero-order chi connectivity index (χ0) is 26.9. The van der Waals surface area contributed by atoms with E-state index in [1.165, 1.54) is 31.1 Å². The van der Waals surface area contributed by atoms with Gasteiger partial charge in [0.25, 0.3) is 0 Å². The number of carbonyl (C=O) groups is 1. The molecule has 1 aromatic heterocycles. The summed E-state index contributed by atoms with van der Waals surface area (Å²) in [5, 5.41) is 0.869. The highest BCUT2D eigenvalue weighted by atomic mass is 35.5. The van der Waals surface area contributed by atoms with Crippen LogP contribution in [0.1, 0.15) is 23.1 Å². The van der Waals surface area contributed by atoms with Crippen molar-refractivity contribution in [2.75, 3.05) is 34.2 Å². The van der Waals surface area contributed by atoms with Crippen molar-refractivity contribution < 1.29 is 22.4 Å². The topological polar surface area (TPSA) is 125 Å². The summed E-state index contributed by atoms with van der Waals surface area (Å²) in [7, 11) is 0.155. The molecule has 0 N–H and O–H groups in total. The zero-order valence-corrected chi connectivity index (χ0v) is 22.7. The molecule has 1 aliphatic heterocycles. The number of fused-ring (bicyclic) bond motifs is 1. The number of ether oxygens (including phenoxy) is 1. The summed E-state index contributed by atoms with van der Waals surface area (Å²) in [6.07, 6.45) is 0.493. The van der Waals surface area contributed by atoms with Crippen LogP contribution in [0.5, 0.6) is 5.75 Å². The molecule has 1 aliphatic rings. The maximum atomic E-state index is 13.2. The lowest BCUT2D eigenvalue weighted by Gasteiger charge is -2.32. The van der Waals surface area contributed by atoms with Crippen molar-refractivity contribution in [3.63, 3.8) is 0 Å². The van der Waals surface area contributed by atoms with Gasteiger partial charge in [0, 0.05) is 59.3 Å². The standard InChI is InChI=1S/C24H24Cl2N4O6S/c1-27-37(33,34)28-19-7-4-6-14(22(19)26)10-16-17(13-30-8-5-9-30)15-11-18(25)21(36-24(32)29(2)3)12-20(15)35-23(16)31/h4,6-7,11-12H,5,8-10,13H2,1-3H3/q-2. The van der Waals surface area contributed by atoms with E-state index in [4.69, 9.17) is 32.4 Å². The third-order valence-electron chi connectivity index (χ3n) is 5.94. The Bertz CT molecular complexity index is 1520. The van der Waals surface area contributed by atoms with Crippen molar-refractivity contribution >= 4 is 56.2 Å². The first-order valence-electron chi connectivity index (χ1n) is 11.2. The smallest absolute Gasteiger partial charge is 0.414 e. The summed E-state index contributed by atoms with van der Waals surface area (Å²) in [6.45, 7) is 2.22. The molecule has 2 aromatic carbocycles. The molecule has 0 saturated carbocycles. The minimum Gasteiger partial charge on any atom is -0.592 e. The molecule has 1 fully saturated rings. The van der Waals surface area contributed by atoms with E-state index in [1.54, 1.807) is 18.2 Å². The molecule has 0 atom stereocenters. The molecule has 37 heavy (non-hydrogen) atoms. The van der Waals surface area contributed by atoms with Gasteiger partial charge in [0.2, 0.25) is 0 Å². The number of hydrogen-bond acceptors (Lipinski definition) is 7. The average Bonchev–Trinajstić information content (AvgIpc) is 2.81. The molecule has 0 unspecified atom stereocenters. The molecule has 4 rings (SSSR count). The summed E-state index contributed by atoms with van der Waals surface area (Å²) < 4.78 is 41.6. The average molecular weight is 567 g/mol. The number of halogens is 2. The van der Waals surface area contributed by atoms with E-state index in [0.717, 1.165) is 26.6 Å². The quantitative estimate of drug-likeness (QED) is 0.342. The Morgan fingerprint density at radius 1 is 1.19 bits per heavy atom. The lowest BCUT2D eigenvalue weighted by molar-refractivity contribution is 0.172. The number of amides is 1. The van der Waals surface area contributed by atoms with E-state index >= 15 is 0 Å². The van der Waals surface area contributed by atoms with Crippen LogP contribution in [0.25, 0.3) is 20.4 Å². The largest absolute Gasteiger partial charge is 0.592 e. The first-order chi connectivity index (χ1) is 17.5. The van der Waals surface area contributed by atoms with Crippen molar-refractivity contribution in [2.45, 2.75) is 19.4 Å². The Labute approximate surface area is 224 Å². The fraction of sp³-hybridized carbons (Fsp3) is 0.333. The molecule has 1 saturated heterocycles. The summed E-state index contributed by atoms with van der Waals surface area (Å²) in [6, 6.07) is 7.78. The van der Waals surface area contributed by atoms with Crippen LogP contribution >= 0.6 is 23.2 Å². The molecule has 198 valence electrons. The molecule has 0 bridgehead atoms. The fourth-order valence-corrected chi connectivity index (χ4v) is 4.79. The molecular formula is C24H24Cl2N4O6S-2. The van der Waals surface area contributed by atoms with Crippen LogP contribution in [-0.4, -0.2) is 58.5 Å². The van der Waals surface area contributed by atoms with Crippen LogP contribution in [0.4, 0.5) is 10.5 Å². The second-order valence-electron chi connectivity index (χ2n) is 8.67. The lowest BCUT2D eigenvalue weighted by atomic mass is 9.97. The number of benzene rings is 2. The summed E-state index contributed by atoms with van der Waals surface area (Å²) in [5.41, 5.74) is 1.21. The predicted octanol–water partition coefficient (Wildman–Crippen LogP) is 5.21. The van der Waals surface area contributed by atoms with Gasteiger partial charge < -0.3 is 23.5 Å². The number of carbonyl (C=O) groups excluding carboxylic acids is 1. The van der Waals surface area contributed by atoms with Crippen LogP contribution < -0.4 is 10.4 Å². The highest BCUT2D eigenvalue weighted by Gasteiger charge is 2.23. The number of nitrogens with zero attached hydrogens (tertiary/aromatic N) is 4. The van der Waals surface area contributed by atoms with Gasteiger partial charge in [-0.2, -0.15) is 7.05 Å². The van der Waals surface area contributed by atoms with Gasteiger partial charge in [-0.05, 0) is 36.7 Å². The summed E-state index contributed by atoms with van der Waals surface area (Å²) in [4.78, 5) is 28.7. The molecule has 1 amide bonds. The van der Waals surface area contributed by atoms with Gasteiger partial charge in [-0.15, -0.1) is 5.69 Å². The van der Waals surface area contributed by atoms with Gasteiger partial charge in [-0.1, -0.05) is 41.4 Å². The van der Waals surface area contributed by atoms with Crippen molar-refractivity contribution in [2.24, 2.45) is 0 Å². The SMILES string of the molecule is C[N-]S(=O)(=O)[N-]c1cccc(Cc2c(CN3CCC3)c3cc(Cl)c(OC(=O)N(C)C)cc3oc2=O)c1Cl. The minimum absolute atomic E-state index is 0.0228. The molecule has 3 aromatic rings. The monoisotopic (exact) mass is 566 g/mol. The third kappa shape index (κ3) is 6.02. The predicted molar refractivity (Wildman–Crippen MR) is 143 cm³/mol. The number of rotatable bonds is 8. The van der Waals surface area contributed by atoms with E-state index in [1.807, 2.05) is 0 Å². The van der Waals surface area contributed by atoms with Crippen LogP contribution in [0, 0.1) is 0 Å². The van der Waals surface area contributed by atoms with E-state index in [0.29, 0.717) is 28.6 Å². The normalized spacial score (nSPS) is 13.9. The highest BCUT2D eigenvalue weighted by Crippen LogP contribution is 2.38. The Morgan fingerprint density at radius 3 is 2.54 bits per heavy atom. The van der Waals surface area contributed by atoms with Gasteiger partial charge in [0.1, 0.15) is 5.58 Å². The Morgan fingerprint density at radius 2 is 1.92 bits per heavy atom. The second-order valence-corrected chi connectivity index (χ2v) is 10.9. The molecule has 0 radical (unpaired) electrons. The number of hydrogen-bond donors (Lipinski definition) is 0. The van der Waals surface area contributed by atoms with Crippen molar-refractivity contribution in [3.05, 3.63) is 76.9 Å². The molecule has 0 aliphatic carbocycles. The second kappa shape index (κ2) is 10.9. The summed E-state index contributed by atoms with van der Waals surface area (Å²) in [5.74, 6) is 0.0681. The molecular weight excluding hydrogens is 543 g/mol. The molecule has 2 heterocycles. The first-order valence-corrected chi connectivity index (χ1v) is 13.4. The third-order valence-corrected chi connectivity index (χ3v) is 7.56. The van der Waals surface area contributed by atoms with E-state index in [-0.39, 0.29) is 33.5 Å². The van der Waals surface area contributed by atoms with E-state index < -0.39 is 21.9 Å². The molecule has 13 heteroatoms. The Hall–Kier alpha value is -2.83. The maximum Gasteiger partial charge on any atom is 0.414 e. The highest BCUT2D eigenvalue weighted by molar-refractivity contribution is 7.96. The van der Waals surface area contributed by atoms with Gasteiger partial charge in [-0.3, -0.25) is 13.3 Å². The zero-order valence-electron chi connectivity index (χ0n) is 20.3. The van der Waals surface area contributed by atoms with Crippen molar-refractivity contribution in [1.29, 1.82) is 0 Å². The molecule has 10 nitrogen and oxygen atoms in total. The Kier molecular flexibility index (Phi) is 8.00. The van der Waals surface area contributed by atoms with Crippen molar-refractivity contribution in [1.82, 2.24) is 9.80 Å². The fourth-order valence-electron chi connectivity index (χ4n) is 3.82. The van der Waals surface area contributed by atoms with Crippen LogP contribution in [0.2, 0.25) is 10.0 Å². The number of likely N-dealkylation sites (tertiary alicyclic amines) is 1. The van der Waals surface area contributed by atoms with Gasteiger partial charge in [0.15, 0.2) is 5.75 Å². The van der Waals surface area contributed by atoms with Gasteiger partial charge in [-0.25, -0.2) is 9.59 Å². The minimum atomic E-state index is -4.04. The van der Waals surface area contributed by atoms with Crippen molar-refractivity contribution in [3.8, 4) is 5.75 Å². The van der Waals surface area contributed by atoms with Crippen LogP contribution in [0.15, 0.2) is 39.5 Å². The van der Waals surface area contributed by atoms with Gasteiger partial charge >= 0.3 is 11.7 Å². The maximum absolute atomic E-state index is 13.2. The van der Waals surface area contributed by atoms with Gasteiger partial charge in [0.05, 0.1) is 5.02 Å². The molecule has 0 spiro atoms. The summed E-state index contributed by atoms with van der Waals surface area (Å²) >= 11 is 12.9. The van der Waals surface area contributed by atoms with Crippen LogP contribution in [-0.2, 0) is 23.2 Å². The Balaban J connectivity index is 1.81.